The fraction of sp³-hybridized carbons (Fsp3) is 0.467. The van der Waals surface area contributed by atoms with Gasteiger partial charge in [-0.15, -0.1) is 6.58 Å². The maximum atomic E-state index is 13.1. The normalized spacial score (nSPS) is 12.4. The standard InChI is InChI=1S/C15H21BrFN/c1-3-5-6-7-15(18-10-4-2)13-9-8-12(17)11-14(13)16/h3,8-9,11,15,18H,1,4-7,10H2,2H3. The summed E-state index contributed by atoms with van der Waals surface area (Å²) in [6, 6.07) is 5.19. The molecule has 1 aromatic carbocycles. The van der Waals surface area contributed by atoms with Gasteiger partial charge >= 0.3 is 0 Å². The molecule has 100 valence electrons. The zero-order chi connectivity index (χ0) is 13.4. The second-order valence-corrected chi connectivity index (χ2v) is 5.25. The van der Waals surface area contributed by atoms with Gasteiger partial charge in [0.2, 0.25) is 0 Å². The molecule has 0 aliphatic carbocycles. The van der Waals surface area contributed by atoms with Crippen molar-refractivity contribution < 1.29 is 4.39 Å². The van der Waals surface area contributed by atoms with Crippen LogP contribution in [0.25, 0.3) is 0 Å². The summed E-state index contributed by atoms with van der Waals surface area (Å²) in [4.78, 5) is 0. The smallest absolute Gasteiger partial charge is 0.124 e. The van der Waals surface area contributed by atoms with Gasteiger partial charge in [0.25, 0.3) is 0 Å². The quantitative estimate of drug-likeness (QED) is 0.527. The molecule has 0 aliphatic heterocycles. The molecule has 0 heterocycles. The van der Waals surface area contributed by atoms with E-state index in [-0.39, 0.29) is 11.9 Å². The molecular formula is C15H21BrFN. The van der Waals surface area contributed by atoms with Gasteiger partial charge in [-0.25, -0.2) is 4.39 Å². The molecule has 1 atom stereocenters. The van der Waals surface area contributed by atoms with Crippen LogP contribution >= 0.6 is 15.9 Å². The van der Waals surface area contributed by atoms with Crippen LogP contribution in [0.1, 0.15) is 44.2 Å². The molecule has 1 aromatic rings. The monoisotopic (exact) mass is 313 g/mol. The third-order valence-electron chi connectivity index (χ3n) is 2.88. The van der Waals surface area contributed by atoms with Crippen molar-refractivity contribution in [1.29, 1.82) is 0 Å². The first kappa shape index (κ1) is 15.4. The summed E-state index contributed by atoms with van der Waals surface area (Å²) < 4.78 is 13.9. The van der Waals surface area contributed by atoms with E-state index in [1.165, 1.54) is 12.1 Å². The highest BCUT2D eigenvalue weighted by atomic mass is 79.9. The summed E-state index contributed by atoms with van der Waals surface area (Å²) in [6.07, 6.45) is 6.18. The third kappa shape index (κ3) is 4.91. The highest BCUT2D eigenvalue weighted by Crippen LogP contribution is 2.27. The van der Waals surface area contributed by atoms with Crippen LogP contribution < -0.4 is 5.32 Å². The molecule has 0 fully saturated rings. The summed E-state index contributed by atoms with van der Waals surface area (Å²) in [5.41, 5.74) is 1.13. The van der Waals surface area contributed by atoms with Gasteiger partial charge in [-0.3, -0.25) is 0 Å². The van der Waals surface area contributed by atoms with Gasteiger partial charge in [-0.05, 0) is 49.9 Å². The number of halogens is 2. The Morgan fingerprint density at radius 3 is 2.89 bits per heavy atom. The Balaban J connectivity index is 2.76. The Bertz CT molecular complexity index is 379. The van der Waals surface area contributed by atoms with Gasteiger partial charge < -0.3 is 5.32 Å². The molecule has 0 radical (unpaired) electrons. The van der Waals surface area contributed by atoms with Gasteiger partial charge in [0.15, 0.2) is 0 Å². The van der Waals surface area contributed by atoms with Gasteiger partial charge in [0.05, 0.1) is 0 Å². The molecule has 1 unspecified atom stereocenters. The predicted octanol–water partition coefficient (Wildman–Crippen LogP) is 4.99. The van der Waals surface area contributed by atoms with E-state index in [9.17, 15) is 4.39 Å². The van der Waals surface area contributed by atoms with Crippen LogP contribution in [-0.2, 0) is 0 Å². The van der Waals surface area contributed by atoms with Crippen molar-refractivity contribution in [3.05, 3.63) is 46.7 Å². The average molecular weight is 314 g/mol. The van der Waals surface area contributed by atoms with Crippen LogP contribution in [0.5, 0.6) is 0 Å². The van der Waals surface area contributed by atoms with E-state index < -0.39 is 0 Å². The van der Waals surface area contributed by atoms with Crippen molar-refractivity contribution in [1.82, 2.24) is 5.32 Å². The molecular weight excluding hydrogens is 293 g/mol. The zero-order valence-electron chi connectivity index (χ0n) is 10.9. The van der Waals surface area contributed by atoms with E-state index in [1.807, 2.05) is 12.1 Å². The molecule has 18 heavy (non-hydrogen) atoms. The molecule has 0 aromatic heterocycles. The fourth-order valence-corrected chi connectivity index (χ4v) is 2.56. The van der Waals surface area contributed by atoms with Crippen molar-refractivity contribution >= 4 is 15.9 Å². The molecule has 0 aliphatic rings. The average Bonchev–Trinajstić information content (AvgIpc) is 2.34. The molecule has 1 N–H and O–H groups in total. The Hall–Kier alpha value is -0.670. The lowest BCUT2D eigenvalue weighted by atomic mass is 10.0. The molecule has 0 spiro atoms. The fourth-order valence-electron chi connectivity index (χ4n) is 1.94. The Morgan fingerprint density at radius 2 is 2.28 bits per heavy atom. The van der Waals surface area contributed by atoms with Crippen LogP contribution in [0.4, 0.5) is 4.39 Å². The summed E-state index contributed by atoms with van der Waals surface area (Å²) >= 11 is 3.45. The molecule has 0 amide bonds. The van der Waals surface area contributed by atoms with E-state index in [4.69, 9.17) is 0 Å². The maximum Gasteiger partial charge on any atom is 0.124 e. The lowest BCUT2D eigenvalue weighted by Gasteiger charge is -2.20. The largest absolute Gasteiger partial charge is 0.310 e. The van der Waals surface area contributed by atoms with Gasteiger partial charge in [-0.1, -0.05) is 35.0 Å². The van der Waals surface area contributed by atoms with Crippen LogP contribution in [0.3, 0.4) is 0 Å². The van der Waals surface area contributed by atoms with Crippen molar-refractivity contribution in [2.24, 2.45) is 0 Å². The van der Waals surface area contributed by atoms with Gasteiger partial charge in [0, 0.05) is 10.5 Å². The van der Waals surface area contributed by atoms with Gasteiger partial charge in [-0.2, -0.15) is 0 Å². The Kier molecular flexibility index (Phi) is 7.21. The summed E-state index contributed by atoms with van der Waals surface area (Å²) in [6.45, 7) is 6.86. The molecule has 1 nitrogen and oxygen atoms in total. The summed E-state index contributed by atoms with van der Waals surface area (Å²) in [7, 11) is 0. The number of hydrogen-bond donors (Lipinski definition) is 1. The molecule has 3 heteroatoms. The SMILES string of the molecule is C=CCCCC(NCCC)c1ccc(F)cc1Br. The summed E-state index contributed by atoms with van der Waals surface area (Å²) in [5, 5.41) is 3.52. The minimum Gasteiger partial charge on any atom is -0.310 e. The van der Waals surface area contributed by atoms with Crippen molar-refractivity contribution in [3.8, 4) is 0 Å². The van der Waals surface area contributed by atoms with Crippen LogP contribution in [0, 0.1) is 5.82 Å². The van der Waals surface area contributed by atoms with Crippen molar-refractivity contribution in [3.63, 3.8) is 0 Å². The van der Waals surface area contributed by atoms with Crippen molar-refractivity contribution in [2.75, 3.05) is 6.54 Å². The lowest BCUT2D eigenvalue weighted by Crippen LogP contribution is -2.22. The second-order valence-electron chi connectivity index (χ2n) is 4.39. The highest BCUT2D eigenvalue weighted by Gasteiger charge is 2.13. The van der Waals surface area contributed by atoms with Crippen molar-refractivity contribution in [2.45, 2.75) is 38.6 Å². The lowest BCUT2D eigenvalue weighted by molar-refractivity contribution is 0.483. The predicted molar refractivity (Wildman–Crippen MR) is 79.2 cm³/mol. The number of unbranched alkanes of at least 4 members (excludes halogenated alkanes) is 1. The van der Waals surface area contributed by atoms with Gasteiger partial charge in [0.1, 0.15) is 5.82 Å². The first-order chi connectivity index (χ1) is 8.69. The molecule has 0 saturated carbocycles. The Morgan fingerprint density at radius 1 is 1.50 bits per heavy atom. The van der Waals surface area contributed by atoms with Crippen LogP contribution in [0.15, 0.2) is 35.3 Å². The number of nitrogens with one attached hydrogen (secondary N) is 1. The number of rotatable bonds is 8. The second kappa shape index (κ2) is 8.44. The molecule has 1 rings (SSSR count). The minimum absolute atomic E-state index is 0.203. The third-order valence-corrected chi connectivity index (χ3v) is 3.57. The number of allylic oxidation sites excluding steroid dienone is 1. The first-order valence-corrected chi connectivity index (χ1v) is 7.27. The number of benzene rings is 1. The topological polar surface area (TPSA) is 12.0 Å². The molecule has 0 saturated heterocycles. The highest BCUT2D eigenvalue weighted by molar-refractivity contribution is 9.10. The van der Waals surface area contributed by atoms with E-state index in [0.717, 1.165) is 42.3 Å². The maximum absolute atomic E-state index is 13.1. The van der Waals surface area contributed by atoms with Crippen LogP contribution in [-0.4, -0.2) is 6.54 Å². The van der Waals surface area contributed by atoms with E-state index >= 15 is 0 Å². The zero-order valence-corrected chi connectivity index (χ0v) is 12.5. The number of hydrogen-bond acceptors (Lipinski definition) is 1. The summed E-state index contributed by atoms with van der Waals surface area (Å²) in [5.74, 6) is -0.203. The minimum atomic E-state index is -0.203. The molecule has 0 bridgehead atoms. The first-order valence-electron chi connectivity index (χ1n) is 6.48. The van der Waals surface area contributed by atoms with E-state index in [0.29, 0.717) is 0 Å². The van der Waals surface area contributed by atoms with Crippen LogP contribution in [0.2, 0.25) is 0 Å². The Labute approximate surface area is 118 Å². The van der Waals surface area contributed by atoms with E-state index in [1.54, 1.807) is 0 Å². The van der Waals surface area contributed by atoms with E-state index in [2.05, 4.69) is 34.7 Å².